The van der Waals surface area contributed by atoms with Gasteiger partial charge < -0.3 is 15.4 Å². The fourth-order valence-electron chi connectivity index (χ4n) is 2.26. The fraction of sp³-hybridized carbons (Fsp3) is 0.462. The summed E-state index contributed by atoms with van der Waals surface area (Å²) < 4.78 is 6.32. The van der Waals surface area contributed by atoms with Gasteiger partial charge in [-0.25, -0.2) is 0 Å². The zero-order valence-corrected chi connectivity index (χ0v) is 11.9. The third kappa shape index (κ3) is 2.74. The summed E-state index contributed by atoms with van der Waals surface area (Å²) in [5.41, 5.74) is 7.63. The van der Waals surface area contributed by atoms with Gasteiger partial charge in [0.25, 0.3) is 5.91 Å². The van der Waals surface area contributed by atoms with Crippen molar-refractivity contribution < 1.29 is 9.53 Å². The largest absolute Gasteiger partial charge is 0.369 e. The molecule has 4 nitrogen and oxygen atoms in total. The number of rotatable bonds is 3. The van der Waals surface area contributed by atoms with Gasteiger partial charge in [0.2, 0.25) is 0 Å². The third-order valence-corrected chi connectivity index (χ3v) is 3.58. The smallest absolute Gasteiger partial charge is 0.253 e. The summed E-state index contributed by atoms with van der Waals surface area (Å²) in [6.07, 6.45) is 0.751. The molecule has 0 bridgehead atoms. The van der Waals surface area contributed by atoms with Crippen molar-refractivity contribution in [2.75, 3.05) is 24.7 Å². The number of amides is 1. The molecule has 1 aliphatic rings. The monoisotopic (exact) mass is 312 g/mol. The molecular weight excluding hydrogens is 296 g/mol. The van der Waals surface area contributed by atoms with E-state index in [1.54, 1.807) is 0 Å². The summed E-state index contributed by atoms with van der Waals surface area (Å²) in [5, 5.41) is 0. The standard InChI is InChI=1S/C13H17BrN2O2/c1-9-6-10(14)2-3-12(9)16-11(4-5-15)7-18-8-13(16)17/h2-3,6,11H,4-5,7-8,15H2,1H3. The van der Waals surface area contributed by atoms with Crippen molar-refractivity contribution in [1.29, 1.82) is 0 Å². The van der Waals surface area contributed by atoms with E-state index in [0.717, 1.165) is 22.1 Å². The number of aryl methyl sites for hydroxylation is 1. The molecule has 1 saturated heterocycles. The molecule has 1 unspecified atom stereocenters. The molecule has 5 heteroatoms. The number of hydrogen-bond donors (Lipinski definition) is 1. The Kier molecular flexibility index (Phi) is 4.37. The molecule has 2 N–H and O–H groups in total. The van der Waals surface area contributed by atoms with Crippen LogP contribution in [0.3, 0.4) is 0 Å². The predicted octanol–water partition coefficient (Wildman–Crippen LogP) is 1.84. The fourth-order valence-corrected chi connectivity index (χ4v) is 2.73. The van der Waals surface area contributed by atoms with Crippen LogP contribution in [-0.4, -0.2) is 31.7 Å². The minimum atomic E-state index is 0.00474. The Morgan fingerprint density at radius 2 is 2.33 bits per heavy atom. The van der Waals surface area contributed by atoms with Gasteiger partial charge in [0.05, 0.1) is 12.6 Å². The van der Waals surface area contributed by atoms with E-state index in [1.165, 1.54) is 0 Å². The molecule has 18 heavy (non-hydrogen) atoms. The molecule has 1 fully saturated rings. The lowest BCUT2D eigenvalue weighted by atomic mass is 10.1. The molecule has 1 aliphatic heterocycles. The normalized spacial score (nSPS) is 20.3. The highest BCUT2D eigenvalue weighted by atomic mass is 79.9. The van der Waals surface area contributed by atoms with Gasteiger partial charge in [-0.2, -0.15) is 0 Å². The van der Waals surface area contributed by atoms with E-state index in [0.29, 0.717) is 13.2 Å². The second-order valence-electron chi connectivity index (χ2n) is 4.44. The first-order valence-electron chi connectivity index (χ1n) is 5.99. The first-order valence-corrected chi connectivity index (χ1v) is 6.79. The summed E-state index contributed by atoms with van der Waals surface area (Å²) in [4.78, 5) is 13.9. The first-order chi connectivity index (χ1) is 8.63. The number of benzene rings is 1. The van der Waals surface area contributed by atoms with Crippen LogP contribution in [0.5, 0.6) is 0 Å². The highest BCUT2D eigenvalue weighted by molar-refractivity contribution is 9.10. The van der Waals surface area contributed by atoms with Crippen molar-refractivity contribution >= 4 is 27.5 Å². The van der Waals surface area contributed by atoms with Crippen molar-refractivity contribution in [1.82, 2.24) is 0 Å². The van der Waals surface area contributed by atoms with E-state index in [-0.39, 0.29) is 18.6 Å². The molecular formula is C13H17BrN2O2. The van der Waals surface area contributed by atoms with Crippen LogP contribution in [0.1, 0.15) is 12.0 Å². The van der Waals surface area contributed by atoms with Crippen LogP contribution in [-0.2, 0) is 9.53 Å². The molecule has 1 atom stereocenters. The minimum absolute atomic E-state index is 0.00474. The minimum Gasteiger partial charge on any atom is -0.369 e. The number of nitrogens with zero attached hydrogens (tertiary/aromatic N) is 1. The lowest BCUT2D eigenvalue weighted by Gasteiger charge is -2.36. The van der Waals surface area contributed by atoms with Gasteiger partial charge >= 0.3 is 0 Å². The van der Waals surface area contributed by atoms with E-state index in [2.05, 4.69) is 15.9 Å². The van der Waals surface area contributed by atoms with Crippen LogP contribution >= 0.6 is 15.9 Å². The molecule has 0 aliphatic carbocycles. The summed E-state index contributed by atoms with van der Waals surface area (Å²) in [6, 6.07) is 5.96. The Hall–Kier alpha value is -0.910. The Labute approximate surface area is 115 Å². The summed E-state index contributed by atoms with van der Waals surface area (Å²) in [5.74, 6) is 0.00474. The molecule has 1 amide bonds. The van der Waals surface area contributed by atoms with Crippen LogP contribution < -0.4 is 10.6 Å². The van der Waals surface area contributed by atoms with Crippen molar-refractivity contribution in [3.63, 3.8) is 0 Å². The van der Waals surface area contributed by atoms with Gasteiger partial charge in [-0.3, -0.25) is 4.79 Å². The van der Waals surface area contributed by atoms with Gasteiger partial charge in [0.15, 0.2) is 0 Å². The zero-order valence-electron chi connectivity index (χ0n) is 10.4. The lowest BCUT2D eigenvalue weighted by molar-refractivity contribution is -0.127. The van der Waals surface area contributed by atoms with Crippen LogP contribution in [0.15, 0.2) is 22.7 Å². The quantitative estimate of drug-likeness (QED) is 0.926. The number of morpholine rings is 1. The Balaban J connectivity index is 2.34. The molecule has 2 rings (SSSR count). The number of ether oxygens (including phenoxy) is 1. The maximum atomic E-state index is 12.1. The van der Waals surface area contributed by atoms with E-state index in [9.17, 15) is 4.79 Å². The average Bonchev–Trinajstić information content (AvgIpc) is 2.31. The third-order valence-electron chi connectivity index (χ3n) is 3.09. The Morgan fingerprint density at radius 1 is 1.56 bits per heavy atom. The van der Waals surface area contributed by atoms with E-state index in [1.807, 2.05) is 30.0 Å². The van der Waals surface area contributed by atoms with E-state index < -0.39 is 0 Å². The second-order valence-corrected chi connectivity index (χ2v) is 5.36. The number of anilines is 1. The van der Waals surface area contributed by atoms with E-state index >= 15 is 0 Å². The molecule has 0 aromatic heterocycles. The zero-order chi connectivity index (χ0) is 13.1. The lowest BCUT2D eigenvalue weighted by Crippen LogP contribution is -2.50. The van der Waals surface area contributed by atoms with Gasteiger partial charge in [-0.05, 0) is 43.7 Å². The first kappa shape index (κ1) is 13.5. The maximum Gasteiger partial charge on any atom is 0.253 e. The molecule has 1 aromatic carbocycles. The van der Waals surface area contributed by atoms with Crippen LogP contribution in [0.25, 0.3) is 0 Å². The van der Waals surface area contributed by atoms with Crippen molar-refractivity contribution in [3.8, 4) is 0 Å². The number of carbonyl (C=O) groups excluding carboxylic acids is 1. The Morgan fingerprint density at radius 3 is 3.00 bits per heavy atom. The van der Waals surface area contributed by atoms with Gasteiger partial charge in [0, 0.05) is 10.2 Å². The number of halogens is 1. The molecule has 1 heterocycles. The molecule has 0 saturated carbocycles. The number of nitrogens with two attached hydrogens (primary N) is 1. The van der Waals surface area contributed by atoms with Gasteiger partial charge in [-0.1, -0.05) is 15.9 Å². The molecule has 98 valence electrons. The van der Waals surface area contributed by atoms with Crippen molar-refractivity contribution in [3.05, 3.63) is 28.2 Å². The second kappa shape index (κ2) is 5.82. The highest BCUT2D eigenvalue weighted by Gasteiger charge is 2.30. The SMILES string of the molecule is Cc1cc(Br)ccc1N1C(=O)COCC1CCN. The van der Waals surface area contributed by atoms with Crippen LogP contribution in [0.4, 0.5) is 5.69 Å². The van der Waals surface area contributed by atoms with Crippen molar-refractivity contribution in [2.45, 2.75) is 19.4 Å². The summed E-state index contributed by atoms with van der Waals surface area (Å²) >= 11 is 3.43. The van der Waals surface area contributed by atoms with E-state index in [4.69, 9.17) is 10.5 Å². The average molecular weight is 313 g/mol. The molecule has 0 spiro atoms. The Bertz CT molecular complexity index is 449. The predicted molar refractivity (Wildman–Crippen MR) is 74.6 cm³/mol. The maximum absolute atomic E-state index is 12.1. The number of carbonyl (C=O) groups is 1. The van der Waals surface area contributed by atoms with Gasteiger partial charge in [-0.15, -0.1) is 0 Å². The van der Waals surface area contributed by atoms with Crippen molar-refractivity contribution in [2.24, 2.45) is 5.73 Å². The van der Waals surface area contributed by atoms with Gasteiger partial charge in [0.1, 0.15) is 6.61 Å². The number of hydrogen-bond acceptors (Lipinski definition) is 3. The molecule has 0 radical (unpaired) electrons. The summed E-state index contributed by atoms with van der Waals surface area (Å²) in [7, 11) is 0. The van der Waals surface area contributed by atoms with Crippen LogP contribution in [0.2, 0.25) is 0 Å². The highest BCUT2D eigenvalue weighted by Crippen LogP contribution is 2.28. The van der Waals surface area contributed by atoms with Crippen LogP contribution in [0, 0.1) is 6.92 Å². The molecule has 1 aromatic rings. The summed E-state index contributed by atoms with van der Waals surface area (Å²) in [6.45, 7) is 3.25. The topological polar surface area (TPSA) is 55.6 Å².